The van der Waals surface area contributed by atoms with Crippen molar-refractivity contribution < 1.29 is 18.8 Å². The molecule has 2 aromatic carbocycles. The van der Waals surface area contributed by atoms with Gasteiger partial charge in [-0.3, -0.25) is 14.4 Å². The smallest absolute Gasteiger partial charge is 0.248 e. The van der Waals surface area contributed by atoms with Crippen LogP contribution in [0.3, 0.4) is 0 Å². The Hall–Kier alpha value is -3.42. The van der Waals surface area contributed by atoms with Gasteiger partial charge in [-0.2, -0.15) is 0 Å². The fourth-order valence-corrected chi connectivity index (χ4v) is 3.47. The zero-order valence-corrected chi connectivity index (χ0v) is 16.6. The molecular weight excluding hydrogens is 387 g/mol. The van der Waals surface area contributed by atoms with Crippen molar-refractivity contribution in [1.29, 1.82) is 0 Å². The molecule has 0 aromatic heterocycles. The van der Waals surface area contributed by atoms with Gasteiger partial charge in [-0.25, -0.2) is 4.39 Å². The molecule has 1 heterocycles. The number of anilines is 2. The summed E-state index contributed by atoms with van der Waals surface area (Å²) in [5.41, 5.74) is 7.49. The van der Waals surface area contributed by atoms with Crippen LogP contribution in [0, 0.1) is 5.82 Å². The number of hydrogen-bond donors (Lipinski definition) is 3. The number of primary amides is 1. The second-order valence-corrected chi connectivity index (χ2v) is 7.28. The molecular formula is C22H25FN4O3. The van der Waals surface area contributed by atoms with E-state index in [2.05, 4.69) is 15.5 Å². The number of amides is 3. The number of benzene rings is 2. The molecule has 30 heavy (non-hydrogen) atoms. The largest absolute Gasteiger partial charge is 0.370 e. The number of carbonyl (C=O) groups is 3. The molecule has 1 fully saturated rings. The Morgan fingerprint density at radius 3 is 2.47 bits per heavy atom. The van der Waals surface area contributed by atoms with Crippen LogP contribution in [0.15, 0.2) is 42.5 Å². The van der Waals surface area contributed by atoms with E-state index < -0.39 is 23.5 Å². The molecule has 0 aliphatic carbocycles. The monoisotopic (exact) mass is 412 g/mol. The van der Waals surface area contributed by atoms with Gasteiger partial charge >= 0.3 is 0 Å². The van der Waals surface area contributed by atoms with Crippen LogP contribution in [0.5, 0.6) is 0 Å². The molecule has 0 radical (unpaired) electrons. The Morgan fingerprint density at radius 2 is 1.77 bits per heavy atom. The number of carbonyl (C=O) groups excluding carboxylic acids is 3. The van der Waals surface area contributed by atoms with Gasteiger partial charge in [-0.1, -0.05) is 12.1 Å². The summed E-state index contributed by atoms with van der Waals surface area (Å²) >= 11 is 0. The van der Waals surface area contributed by atoms with Crippen LogP contribution in [-0.4, -0.2) is 37.4 Å². The second kappa shape index (κ2) is 9.87. The standard InChI is InChI=1S/C22H25FN4O3/c23-17-6-4-5-15(11-17)12-20(28)25-14-21(29)26-18-13-16(22(24)30)7-8-19(18)27-9-2-1-3-10-27/h4-8,11,13H,1-3,9-10,12,14H2,(H2,24,30)(H,25,28)(H,26,29). The van der Waals surface area contributed by atoms with Crippen molar-refractivity contribution >= 4 is 29.1 Å². The Balaban J connectivity index is 1.63. The highest BCUT2D eigenvalue weighted by atomic mass is 19.1. The van der Waals surface area contributed by atoms with Gasteiger partial charge in [0.1, 0.15) is 5.82 Å². The minimum Gasteiger partial charge on any atom is -0.370 e. The molecule has 1 aliphatic heterocycles. The first-order valence-corrected chi connectivity index (χ1v) is 9.92. The number of nitrogens with zero attached hydrogens (tertiary/aromatic N) is 1. The lowest BCUT2D eigenvalue weighted by molar-refractivity contribution is -0.123. The summed E-state index contributed by atoms with van der Waals surface area (Å²) in [6.45, 7) is 1.49. The Bertz CT molecular complexity index is 942. The van der Waals surface area contributed by atoms with Crippen LogP contribution in [0.2, 0.25) is 0 Å². The van der Waals surface area contributed by atoms with Crippen molar-refractivity contribution in [3.8, 4) is 0 Å². The maximum atomic E-state index is 13.2. The van der Waals surface area contributed by atoms with Crippen LogP contribution in [-0.2, 0) is 16.0 Å². The van der Waals surface area contributed by atoms with Gasteiger partial charge in [-0.05, 0) is 55.2 Å². The summed E-state index contributed by atoms with van der Waals surface area (Å²) in [5.74, 6) is -1.82. The lowest BCUT2D eigenvalue weighted by Gasteiger charge is -2.30. The summed E-state index contributed by atoms with van der Waals surface area (Å²) < 4.78 is 13.2. The molecule has 3 rings (SSSR count). The van der Waals surface area contributed by atoms with Crippen LogP contribution in [0.25, 0.3) is 0 Å². The highest BCUT2D eigenvalue weighted by molar-refractivity contribution is 6.00. The first-order chi connectivity index (χ1) is 14.4. The molecule has 3 amide bonds. The highest BCUT2D eigenvalue weighted by Crippen LogP contribution is 2.29. The molecule has 0 atom stereocenters. The van der Waals surface area contributed by atoms with Gasteiger partial charge in [0, 0.05) is 18.7 Å². The molecule has 8 heteroatoms. The average Bonchev–Trinajstić information content (AvgIpc) is 2.73. The van der Waals surface area contributed by atoms with Crippen LogP contribution >= 0.6 is 0 Å². The fraction of sp³-hybridized carbons (Fsp3) is 0.318. The van der Waals surface area contributed by atoms with Crippen LogP contribution < -0.4 is 21.3 Å². The zero-order chi connectivity index (χ0) is 21.5. The first-order valence-electron chi connectivity index (χ1n) is 9.92. The SMILES string of the molecule is NC(=O)c1ccc(N2CCCCC2)c(NC(=O)CNC(=O)Cc2cccc(F)c2)c1. The van der Waals surface area contributed by atoms with Gasteiger partial charge in [0.05, 0.1) is 24.3 Å². The fourth-order valence-electron chi connectivity index (χ4n) is 3.47. The molecule has 0 bridgehead atoms. The van der Waals surface area contributed by atoms with E-state index in [0.717, 1.165) is 38.0 Å². The number of nitrogens with two attached hydrogens (primary N) is 1. The van der Waals surface area contributed by atoms with Gasteiger partial charge in [0.15, 0.2) is 0 Å². The molecule has 2 aromatic rings. The predicted octanol–water partition coefficient (Wildman–Crippen LogP) is 2.21. The summed E-state index contributed by atoms with van der Waals surface area (Å²) in [6.07, 6.45) is 3.25. The second-order valence-electron chi connectivity index (χ2n) is 7.28. The van der Waals surface area contributed by atoms with Crippen molar-refractivity contribution in [3.05, 3.63) is 59.4 Å². The average molecular weight is 412 g/mol. The van der Waals surface area contributed by atoms with E-state index in [0.29, 0.717) is 16.8 Å². The first kappa shape index (κ1) is 21.3. The predicted molar refractivity (Wildman–Crippen MR) is 113 cm³/mol. The van der Waals surface area contributed by atoms with Crippen molar-refractivity contribution in [2.24, 2.45) is 5.73 Å². The Morgan fingerprint density at radius 1 is 1.00 bits per heavy atom. The maximum Gasteiger partial charge on any atom is 0.248 e. The minimum atomic E-state index is -0.584. The summed E-state index contributed by atoms with van der Waals surface area (Å²) in [7, 11) is 0. The molecule has 7 nitrogen and oxygen atoms in total. The van der Waals surface area contributed by atoms with Gasteiger partial charge in [-0.15, -0.1) is 0 Å². The minimum absolute atomic E-state index is 0.0266. The molecule has 0 spiro atoms. The van der Waals surface area contributed by atoms with E-state index in [1.54, 1.807) is 24.3 Å². The van der Waals surface area contributed by atoms with E-state index in [-0.39, 0.29) is 13.0 Å². The Kier molecular flexibility index (Phi) is 7.00. The molecule has 0 saturated carbocycles. The third kappa shape index (κ3) is 5.79. The van der Waals surface area contributed by atoms with Crippen molar-refractivity contribution in [1.82, 2.24) is 5.32 Å². The van der Waals surface area contributed by atoms with Gasteiger partial charge < -0.3 is 21.3 Å². The summed E-state index contributed by atoms with van der Waals surface area (Å²) in [5, 5.41) is 5.30. The lowest BCUT2D eigenvalue weighted by atomic mass is 10.1. The number of halogens is 1. The number of rotatable bonds is 7. The Labute approximate surface area is 174 Å². The topological polar surface area (TPSA) is 105 Å². The number of nitrogens with one attached hydrogen (secondary N) is 2. The molecule has 0 unspecified atom stereocenters. The number of piperidine rings is 1. The third-order valence-corrected chi connectivity index (χ3v) is 4.95. The van der Waals surface area contributed by atoms with E-state index in [4.69, 9.17) is 5.73 Å². The van der Waals surface area contributed by atoms with E-state index in [9.17, 15) is 18.8 Å². The maximum absolute atomic E-state index is 13.2. The summed E-state index contributed by atoms with van der Waals surface area (Å²) in [6, 6.07) is 10.7. The molecule has 1 aliphatic rings. The third-order valence-electron chi connectivity index (χ3n) is 4.95. The van der Waals surface area contributed by atoms with E-state index >= 15 is 0 Å². The van der Waals surface area contributed by atoms with E-state index in [1.165, 1.54) is 18.2 Å². The van der Waals surface area contributed by atoms with Crippen LogP contribution in [0.4, 0.5) is 15.8 Å². The lowest BCUT2D eigenvalue weighted by Crippen LogP contribution is -2.35. The zero-order valence-electron chi connectivity index (χ0n) is 16.6. The normalized spacial score (nSPS) is 13.6. The van der Waals surface area contributed by atoms with Crippen molar-refractivity contribution in [2.75, 3.05) is 29.9 Å². The molecule has 4 N–H and O–H groups in total. The van der Waals surface area contributed by atoms with Gasteiger partial charge in [0.2, 0.25) is 17.7 Å². The van der Waals surface area contributed by atoms with Crippen molar-refractivity contribution in [3.63, 3.8) is 0 Å². The van der Waals surface area contributed by atoms with E-state index in [1.807, 2.05) is 0 Å². The van der Waals surface area contributed by atoms with Gasteiger partial charge in [0.25, 0.3) is 0 Å². The quantitative estimate of drug-likeness (QED) is 0.648. The van der Waals surface area contributed by atoms with Crippen molar-refractivity contribution in [2.45, 2.75) is 25.7 Å². The van der Waals surface area contributed by atoms with Crippen LogP contribution in [0.1, 0.15) is 35.2 Å². The molecule has 1 saturated heterocycles. The number of hydrogen-bond acceptors (Lipinski definition) is 4. The summed E-state index contributed by atoms with van der Waals surface area (Å²) in [4.78, 5) is 38.2. The highest BCUT2D eigenvalue weighted by Gasteiger charge is 2.18. The molecule has 158 valence electrons.